The molecule has 2 aromatic heterocycles. The van der Waals surface area contributed by atoms with Crippen LogP contribution in [-0.2, 0) is 24.9 Å². The second-order valence-electron chi connectivity index (χ2n) is 5.99. The highest BCUT2D eigenvalue weighted by atomic mass is 16.5. The number of nitrogens with zero attached hydrogens (tertiary/aromatic N) is 4. The van der Waals surface area contributed by atoms with Crippen molar-refractivity contribution in [2.24, 2.45) is 7.05 Å². The minimum Gasteiger partial charge on any atom is -0.497 e. The molecular weight excluding hydrogens is 346 g/mol. The van der Waals surface area contributed by atoms with Gasteiger partial charge in [-0.05, 0) is 30.7 Å². The first-order valence-electron chi connectivity index (χ1n) is 8.69. The lowest BCUT2D eigenvalue weighted by molar-refractivity contribution is 0.0527. The largest absolute Gasteiger partial charge is 0.497 e. The molecule has 0 aliphatic carbocycles. The van der Waals surface area contributed by atoms with Gasteiger partial charge in [-0.1, -0.05) is 12.1 Å². The molecule has 0 unspecified atom stereocenters. The SMILES string of the molecule is CCOC(=O)c1cn(Cc2ccc(OC)cc2)nc1NCc1ccn(C)n1. The Kier molecular flexibility index (Phi) is 5.75. The van der Waals surface area contributed by atoms with Gasteiger partial charge < -0.3 is 14.8 Å². The third-order valence-corrected chi connectivity index (χ3v) is 3.97. The smallest absolute Gasteiger partial charge is 0.343 e. The average Bonchev–Trinajstić information content (AvgIpc) is 3.27. The number of hydrogen-bond acceptors (Lipinski definition) is 6. The number of methoxy groups -OCH3 is 1. The van der Waals surface area contributed by atoms with Gasteiger partial charge >= 0.3 is 5.97 Å². The normalized spacial score (nSPS) is 10.6. The summed E-state index contributed by atoms with van der Waals surface area (Å²) < 4.78 is 13.8. The van der Waals surface area contributed by atoms with E-state index in [0.29, 0.717) is 31.1 Å². The Morgan fingerprint density at radius 2 is 1.96 bits per heavy atom. The van der Waals surface area contributed by atoms with E-state index in [0.717, 1.165) is 17.0 Å². The predicted octanol–water partition coefficient (Wildman–Crippen LogP) is 2.46. The Morgan fingerprint density at radius 3 is 2.59 bits per heavy atom. The van der Waals surface area contributed by atoms with Crippen LogP contribution in [0.1, 0.15) is 28.5 Å². The summed E-state index contributed by atoms with van der Waals surface area (Å²) in [6, 6.07) is 9.62. The highest BCUT2D eigenvalue weighted by Gasteiger charge is 2.18. The Labute approximate surface area is 157 Å². The Morgan fingerprint density at radius 1 is 1.19 bits per heavy atom. The van der Waals surface area contributed by atoms with Crippen LogP contribution in [0.15, 0.2) is 42.7 Å². The molecule has 0 saturated carbocycles. The molecule has 3 rings (SSSR count). The lowest BCUT2D eigenvalue weighted by Crippen LogP contribution is -2.09. The van der Waals surface area contributed by atoms with Gasteiger partial charge in [-0.2, -0.15) is 10.2 Å². The van der Waals surface area contributed by atoms with E-state index in [-0.39, 0.29) is 0 Å². The molecule has 3 aromatic rings. The lowest BCUT2D eigenvalue weighted by Gasteiger charge is -2.04. The maximum Gasteiger partial charge on any atom is 0.343 e. The molecule has 0 radical (unpaired) electrons. The number of nitrogens with one attached hydrogen (secondary N) is 1. The molecule has 8 nitrogen and oxygen atoms in total. The summed E-state index contributed by atoms with van der Waals surface area (Å²) in [7, 11) is 3.49. The standard InChI is InChI=1S/C19H23N5O3/c1-4-27-19(25)17-13-24(12-14-5-7-16(26-3)8-6-14)22-18(17)20-11-15-9-10-23(2)21-15/h5-10,13H,4,11-12H2,1-3H3,(H,20,22). The number of carbonyl (C=O) groups excluding carboxylic acids is 1. The molecule has 1 aromatic carbocycles. The molecule has 1 N–H and O–H groups in total. The fraction of sp³-hybridized carbons (Fsp3) is 0.316. The summed E-state index contributed by atoms with van der Waals surface area (Å²) >= 11 is 0. The van der Waals surface area contributed by atoms with E-state index in [4.69, 9.17) is 9.47 Å². The number of anilines is 1. The van der Waals surface area contributed by atoms with E-state index in [1.807, 2.05) is 43.6 Å². The fourth-order valence-corrected chi connectivity index (χ4v) is 2.64. The molecular formula is C19H23N5O3. The van der Waals surface area contributed by atoms with E-state index in [2.05, 4.69) is 15.5 Å². The number of benzene rings is 1. The average molecular weight is 369 g/mol. The van der Waals surface area contributed by atoms with E-state index in [9.17, 15) is 4.79 Å². The van der Waals surface area contributed by atoms with Gasteiger partial charge in [-0.25, -0.2) is 4.79 Å². The number of carbonyl (C=O) groups is 1. The molecule has 0 bridgehead atoms. The van der Waals surface area contributed by atoms with Gasteiger partial charge in [0.2, 0.25) is 0 Å². The number of aromatic nitrogens is 4. The second-order valence-corrected chi connectivity index (χ2v) is 5.99. The van der Waals surface area contributed by atoms with Crippen LogP contribution in [0.5, 0.6) is 5.75 Å². The number of esters is 1. The molecule has 27 heavy (non-hydrogen) atoms. The van der Waals surface area contributed by atoms with Crippen LogP contribution >= 0.6 is 0 Å². The van der Waals surface area contributed by atoms with Crippen LogP contribution < -0.4 is 10.1 Å². The van der Waals surface area contributed by atoms with Gasteiger partial charge in [-0.15, -0.1) is 0 Å². The summed E-state index contributed by atoms with van der Waals surface area (Å²) in [5.74, 6) is 0.874. The van der Waals surface area contributed by atoms with Crippen molar-refractivity contribution in [2.45, 2.75) is 20.0 Å². The van der Waals surface area contributed by atoms with E-state index in [1.165, 1.54) is 0 Å². The summed E-state index contributed by atoms with van der Waals surface area (Å²) in [6.45, 7) is 3.08. The highest BCUT2D eigenvalue weighted by molar-refractivity contribution is 5.94. The first-order valence-corrected chi connectivity index (χ1v) is 8.69. The van der Waals surface area contributed by atoms with Crippen molar-refractivity contribution in [3.63, 3.8) is 0 Å². The fourth-order valence-electron chi connectivity index (χ4n) is 2.64. The molecule has 8 heteroatoms. The topological polar surface area (TPSA) is 83.2 Å². The molecule has 0 amide bonds. The van der Waals surface area contributed by atoms with Crippen LogP contribution in [0, 0.1) is 0 Å². The lowest BCUT2D eigenvalue weighted by atomic mass is 10.2. The van der Waals surface area contributed by atoms with Gasteiger partial charge in [0, 0.05) is 19.4 Å². The van der Waals surface area contributed by atoms with E-state index in [1.54, 1.807) is 29.6 Å². The summed E-state index contributed by atoms with van der Waals surface area (Å²) in [5, 5.41) is 12.0. The Hall–Kier alpha value is -3.29. The molecule has 0 spiro atoms. The van der Waals surface area contributed by atoms with Gasteiger partial charge in [-0.3, -0.25) is 9.36 Å². The molecule has 0 aliphatic rings. The van der Waals surface area contributed by atoms with Gasteiger partial charge in [0.15, 0.2) is 5.82 Å². The number of ether oxygens (including phenoxy) is 2. The minimum absolute atomic E-state index is 0.308. The minimum atomic E-state index is -0.401. The van der Waals surface area contributed by atoms with Crippen molar-refractivity contribution in [1.82, 2.24) is 19.6 Å². The highest BCUT2D eigenvalue weighted by Crippen LogP contribution is 2.18. The second kappa shape index (κ2) is 8.39. The summed E-state index contributed by atoms with van der Waals surface area (Å²) in [5.41, 5.74) is 2.31. The first-order chi connectivity index (χ1) is 13.1. The Balaban J connectivity index is 1.78. The van der Waals surface area contributed by atoms with Crippen LogP contribution in [0.4, 0.5) is 5.82 Å². The third kappa shape index (κ3) is 4.66. The molecule has 0 fully saturated rings. The molecule has 0 saturated heterocycles. The van der Waals surface area contributed by atoms with Crippen molar-refractivity contribution in [1.29, 1.82) is 0 Å². The zero-order valence-electron chi connectivity index (χ0n) is 15.7. The molecule has 0 aliphatic heterocycles. The van der Waals surface area contributed by atoms with Crippen molar-refractivity contribution >= 4 is 11.8 Å². The van der Waals surface area contributed by atoms with Crippen LogP contribution in [-0.4, -0.2) is 39.2 Å². The zero-order chi connectivity index (χ0) is 19.2. The number of hydrogen-bond donors (Lipinski definition) is 1. The summed E-state index contributed by atoms with van der Waals surface area (Å²) in [4.78, 5) is 12.3. The summed E-state index contributed by atoms with van der Waals surface area (Å²) in [6.07, 6.45) is 3.56. The van der Waals surface area contributed by atoms with E-state index < -0.39 is 5.97 Å². The van der Waals surface area contributed by atoms with Crippen molar-refractivity contribution < 1.29 is 14.3 Å². The molecule has 0 atom stereocenters. The maximum absolute atomic E-state index is 12.3. The van der Waals surface area contributed by atoms with Crippen LogP contribution in [0.3, 0.4) is 0 Å². The monoisotopic (exact) mass is 369 g/mol. The third-order valence-electron chi connectivity index (χ3n) is 3.97. The zero-order valence-corrected chi connectivity index (χ0v) is 15.7. The Bertz CT molecular complexity index is 898. The van der Waals surface area contributed by atoms with Gasteiger partial charge in [0.25, 0.3) is 0 Å². The number of aryl methyl sites for hydroxylation is 1. The first kappa shape index (κ1) is 18.5. The van der Waals surface area contributed by atoms with E-state index >= 15 is 0 Å². The maximum atomic E-state index is 12.3. The molecule has 142 valence electrons. The van der Waals surface area contributed by atoms with Crippen molar-refractivity contribution in [3.8, 4) is 5.75 Å². The van der Waals surface area contributed by atoms with Crippen LogP contribution in [0.25, 0.3) is 0 Å². The van der Waals surface area contributed by atoms with Crippen molar-refractivity contribution in [2.75, 3.05) is 19.0 Å². The quantitative estimate of drug-likeness (QED) is 0.614. The van der Waals surface area contributed by atoms with Gasteiger partial charge in [0.1, 0.15) is 11.3 Å². The van der Waals surface area contributed by atoms with Crippen LogP contribution in [0.2, 0.25) is 0 Å². The molecule has 2 heterocycles. The predicted molar refractivity (Wildman–Crippen MR) is 101 cm³/mol. The van der Waals surface area contributed by atoms with Crippen molar-refractivity contribution in [3.05, 3.63) is 59.5 Å². The van der Waals surface area contributed by atoms with Gasteiger partial charge in [0.05, 0.1) is 32.5 Å². The number of rotatable bonds is 8.